The van der Waals surface area contributed by atoms with Crippen LogP contribution in [0, 0.1) is 5.92 Å². The van der Waals surface area contributed by atoms with E-state index in [-0.39, 0.29) is 0 Å². The van der Waals surface area contributed by atoms with Gasteiger partial charge in [0.05, 0.1) is 6.61 Å². The Bertz CT molecular complexity index is 317. The molecule has 1 atom stereocenters. The molecule has 0 radical (unpaired) electrons. The van der Waals surface area contributed by atoms with Gasteiger partial charge in [-0.1, -0.05) is 46.2 Å². The molecule has 1 aromatic rings. The summed E-state index contributed by atoms with van der Waals surface area (Å²) in [5.74, 6) is 2.40. The first-order chi connectivity index (χ1) is 8.13. The van der Waals surface area contributed by atoms with Crippen LogP contribution in [-0.2, 0) is 0 Å². The molecule has 1 unspecified atom stereocenters. The van der Waals surface area contributed by atoms with Crippen molar-refractivity contribution in [2.45, 2.75) is 52.9 Å². The molecule has 96 valence electrons. The molecule has 0 bridgehead atoms. The summed E-state index contributed by atoms with van der Waals surface area (Å²) in [7, 11) is 0. The Morgan fingerprint density at radius 2 is 1.94 bits per heavy atom. The van der Waals surface area contributed by atoms with Crippen LogP contribution in [0.5, 0.6) is 5.75 Å². The fraction of sp³-hybridized carbons (Fsp3) is 0.625. The third kappa shape index (κ3) is 5.25. The molecule has 0 aliphatic heterocycles. The SMILES string of the molecule is CCC(C)CCCOc1cccc(C(C)C)c1. The molecule has 0 N–H and O–H groups in total. The number of ether oxygens (including phenoxy) is 1. The first-order valence-electron chi connectivity index (χ1n) is 6.86. The van der Waals surface area contributed by atoms with E-state index < -0.39 is 0 Å². The topological polar surface area (TPSA) is 9.23 Å². The first-order valence-corrected chi connectivity index (χ1v) is 6.86. The highest BCUT2D eigenvalue weighted by molar-refractivity contribution is 5.30. The molecule has 1 heteroatoms. The molecule has 0 fully saturated rings. The highest BCUT2D eigenvalue weighted by Gasteiger charge is 2.02. The Labute approximate surface area is 106 Å². The summed E-state index contributed by atoms with van der Waals surface area (Å²) in [5, 5.41) is 0. The van der Waals surface area contributed by atoms with Crippen LogP contribution in [0.15, 0.2) is 24.3 Å². The number of benzene rings is 1. The van der Waals surface area contributed by atoms with E-state index in [1.54, 1.807) is 0 Å². The molecular formula is C16H26O. The molecule has 0 amide bonds. The Morgan fingerprint density at radius 3 is 2.59 bits per heavy atom. The van der Waals surface area contributed by atoms with Crippen LogP contribution in [0.2, 0.25) is 0 Å². The van der Waals surface area contributed by atoms with Gasteiger partial charge in [-0.3, -0.25) is 0 Å². The Hall–Kier alpha value is -0.980. The molecule has 0 saturated carbocycles. The van der Waals surface area contributed by atoms with Crippen LogP contribution in [0.25, 0.3) is 0 Å². The van der Waals surface area contributed by atoms with Crippen molar-refractivity contribution in [1.82, 2.24) is 0 Å². The zero-order chi connectivity index (χ0) is 12.7. The summed E-state index contributed by atoms with van der Waals surface area (Å²) in [6.45, 7) is 9.81. The average molecular weight is 234 g/mol. The maximum absolute atomic E-state index is 5.79. The van der Waals surface area contributed by atoms with Crippen LogP contribution in [0.1, 0.15) is 58.4 Å². The predicted molar refractivity (Wildman–Crippen MR) is 74.7 cm³/mol. The fourth-order valence-corrected chi connectivity index (χ4v) is 1.79. The number of rotatable bonds is 7. The molecule has 0 saturated heterocycles. The highest BCUT2D eigenvalue weighted by atomic mass is 16.5. The van der Waals surface area contributed by atoms with E-state index in [2.05, 4.69) is 52.0 Å². The number of hydrogen-bond donors (Lipinski definition) is 0. The standard InChI is InChI=1S/C16H26O/c1-5-14(4)8-7-11-17-16-10-6-9-15(12-16)13(2)3/h6,9-10,12-14H,5,7-8,11H2,1-4H3. The maximum Gasteiger partial charge on any atom is 0.119 e. The van der Waals surface area contributed by atoms with Crippen LogP contribution >= 0.6 is 0 Å². The molecule has 0 aromatic heterocycles. The van der Waals surface area contributed by atoms with Crippen molar-refractivity contribution in [2.75, 3.05) is 6.61 Å². The molecule has 1 nitrogen and oxygen atoms in total. The van der Waals surface area contributed by atoms with Gasteiger partial charge in [0, 0.05) is 0 Å². The lowest BCUT2D eigenvalue weighted by Crippen LogP contribution is -2.01. The van der Waals surface area contributed by atoms with Gasteiger partial charge in [0.2, 0.25) is 0 Å². The highest BCUT2D eigenvalue weighted by Crippen LogP contribution is 2.20. The van der Waals surface area contributed by atoms with Crippen molar-refractivity contribution in [1.29, 1.82) is 0 Å². The van der Waals surface area contributed by atoms with E-state index in [0.29, 0.717) is 5.92 Å². The van der Waals surface area contributed by atoms with Gasteiger partial charge >= 0.3 is 0 Å². The Kier molecular flexibility index (Phi) is 6.10. The van der Waals surface area contributed by atoms with Gasteiger partial charge in [-0.25, -0.2) is 0 Å². The lowest BCUT2D eigenvalue weighted by Gasteiger charge is -2.11. The summed E-state index contributed by atoms with van der Waals surface area (Å²) < 4.78 is 5.79. The van der Waals surface area contributed by atoms with Crippen molar-refractivity contribution in [3.05, 3.63) is 29.8 Å². The summed E-state index contributed by atoms with van der Waals surface area (Å²) >= 11 is 0. The van der Waals surface area contributed by atoms with E-state index in [1.165, 1.54) is 18.4 Å². The third-order valence-electron chi connectivity index (χ3n) is 3.33. The molecule has 0 aliphatic carbocycles. The van der Waals surface area contributed by atoms with Gasteiger partial charge in [0.25, 0.3) is 0 Å². The molecule has 1 aromatic carbocycles. The van der Waals surface area contributed by atoms with Gasteiger partial charge in [0.15, 0.2) is 0 Å². The first kappa shape index (κ1) is 14.1. The van der Waals surface area contributed by atoms with E-state index in [0.717, 1.165) is 24.7 Å². The van der Waals surface area contributed by atoms with Gasteiger partial charge < -0.3 is 4.74 Å². The van der Waals surface area contributed by atoms with Crippen molar-refractivity contribution >= 4 is 0 Å². The van der Waals surface area contributed by atoms with Crippen molar-refractivity contribution in [3.63, 3.8) is 0 Å². The summed E-state index contributed by atoms with van der Waals surface area (Å²) in [4.78, 5) is 0. The van der Waals surface area contributed by atoms with Crippen molar-refractivity contribution in [3.8, 4) is 5.75 Å². The smallest absolute Gasteiger partial charge is 0.119 e. The second-order valence-corrected chi connectivity index (χ2v) is 5.23. The van der Waals surface area contributed by atoms with Gasteiger partial charge in [-0.2, -0.15) is 0 Å². The lowest BCUT2D eigenvalue weighted by molar-refractivity contribution is 0.293. The van der Waals surface area contributed by atoms with Crippen LogP contribution < -0.4 is 4.74 Å². The minimum Gasteiger partial charge on any atom is -0.494 e. The van der Waals surface area contributed by atoms with Gasteiger partial charge in [0.1, 0.15) is 5.75 Å². The zero-order valence-corrected chi connectivity index (χ0v) is 11.7. The van der Waals surface area contributed by atoms with Crippen molar-refractivity contribution < 1.29 is 4.74 Å². The predicted octanol–water partition coefficient (Wildman–Crippen LogP) is 5.02. The Balaban J connectivity index is 2.34. The molecule has 0 heterocycles. The normalized spacial score (nSPS) is 12.8. The third-order valence-corrected chi connectivity index (χ3v) is 3.33. The summed E-state index contributed by atoms with van der Waals surface area (Å²) in [6, 6.07) is 8.46. The summed E-state index contributed by atoms with van der Waals surface area (Å²) in [5.41, 5.74) is 1.35. The minimum atomic E-state index is 0.568. The van der Waals surface area contributed by atoms with Crippen LogP contribution in [0.4, 0.5) is 0 Å². The maximum atomic E-state index is 5.79. The van der Waals surface area contributed by atoms with E-state index >= 15 is 0 Å². The Morgan fingerprint density at radius 1 is 1.18 bits per heavy atom. The van der Waals surface area contributed by atoms with E-state index in [4.69, 9.17) is 4.74 Å². The monoisotopic (exact) mass is 234 g/mol. The van der Waals surface area contributed by atoms with E-state index in [1.807, 2.05) is 0 Å². The molecule has 0 aliphatic rings. The molecule has 0 spiro atoms. The zero-order valence-electron chi connectivity index (χ0n) is 11.7. The van der Waals surface area contributed by atoms with E-state index in [9.17, 15) is 0 Å². The largest absolute Gasteiger partial charge is 0.494 e. The second-order valence-electron chi connectivity index (χ2n) is 5.23. The summed E-state index contributed by atoms with van der Waals surface area (Å²) in [6.07, 6.45) is 3.68. The molecule has 17 heavy (non-hydrogen) atoms. The average Bonchev–Trinajstić information content (AvgIpc) is 2.34. The molecule has 1 rings (SSSR count). The number of hydrogen-bond acceptors (Lipinski definition) is 1. The van der Waals surface area contributed by atoms with Crippen LogP contribution in [0.3, 0.4) is 0 Å². The second kappa shape index (κ2) is 7.37. The lowest BCUT2D eigenvalue weighted by atomic mass is 10.0. The fourth-order valence-electron chi connectivity index (χ4n) is 1.79. The molecular weight excluding hydrogens is 208 g/mol. The quantitative estimate of drug-likeness (QED) is 0.602. The van der Waals surface area contributed by atoms with Crippen LogP contribution in [-0.4, -0.2) is 6.61 Å². The van der Waals surface area contributed by atoms with Gasteiger partial charge in [-0.05, 0) is 42.4 Å². The van der Waals surface area contributed by atoms with Crippen molar-refractivity contribution in [2.24, 2.45) is 5.92 Å². The minimum absolute atomic E-state index is 0.568. The van der Waals surface area contributed by atoms with Gasteiger partial charge in [-0.15, -0.1) is 0 Å².